The molecular formula is C15H29NO. The fraction of sp³-hybridized carbons (Fsp3) is 0.933. The molecular weight excluding hydrogens is 210 g/mol. The van der Waals surface area contributed by atoms with Gasteiger partial charge in [0.05, 0.1) is 0 Å². The van der Waals surface area contributed by atoms with Gasteiger partial charge in [-0.05, 0) is 25.8 Å². The van der Waals surface area contributed by atoms with Crippen molar-refractivity contribution in [1.82, 2.24) is 4.90 Å². The molecule has 0 saturated carbocycles. The molecule has 1 heterocycles. The number of nitrogens with zero attached hydrogens (tertiary/aromatic N) is 1. The normalized spacial score (nSPS) is 22.7. The Hall–Kier alpha value is -0.370. The van der Waals surface area contributed by atoms with Gasteiger partial charge in [-0.1, -0.05) is 40.5 Å². The quantitative estimate of drug-likeness (QED) is 0.730. The molecule has 1 rings (SSSR count). The molecule has 1 aliphatic rings. The average molecular weight is 239 g/mol. The van der Waals surface area contributed by atoms with Gasteiger partial charge in [0.1, 0.15) is 5.78 Å². The highest BCUT2D eigenvalue weighted by Crippen LogP contribution is 2.22. The van der Waals surface area contributed by atoms with Crippen molar-refractivity contribution in [1.29, 1.82) is 0 Å². The number of piperidine rings is 1. The Morgan fingerprint density at radius 2 is 2.00 bits per heavy atom. The third-order valence-electron chi connectivity index (χ3n) is 3.83. The molecule has 0 aromatic rings. The minimum atomic E-state index is -0.171. The first kappa shape index (κ1) is 14.7. The lowest BCUT2D eigenvalue weighted by atomic mass is 9.88. The molecule has 1 atom stereocenters. The largest absolute Gasteiger partial charge is 0.300 e. The van der Waals surface area contributed by atoms with Crippen molar-refractivity contribution in [3.8, 4) is 0 Å². The van der Waals surface area contributed by atoms with E-state index in [1.54, 1.807) is 0 Å². The third-order valence-corrected chi connectivity index (χ3v) is 3.83. The highest BCUT2D eigenvalue weighted by molar-refractivity contribution is 5.83. The van der Waals surface area contributed by atoms with Crippen molar-refractivity contribution in [2.75, 3.05) is 13.1 Å². The molecule has 0 aliphatic carbocycles. The van der Waals surface area contributed by atoms with Crippen LogP contribution in [0.2, 0.25) is 0 Å². The monoisotopic (exact) mass is 239 g/mol. The Morgan fingerprint density at radius 3 is 2.59 bits per heavy atom. The van der Waals surface area contributed by atoms with Crippen LogP contribution in [0, 0.1) is 5.41 Å². The van der Waals surface area contributed by atoms with Gasteiger partial charge in [-0.2, -0.15) is 0 Å². The summed E-state index contributed by atoms with van der Waals surface area (Å²) in [5.41, 5.74) is -0.171. The summed E-state index contributed by atoms with van der Waals surface area (Å²) < 4.78 is 0. The Kier molecular flexibility index (Phi) is 5.64. The maximum Gasteiger partial charge on any atom is 0.139 e. The summed E-state index contributed by atoms with van der Waals surface area (Å²) in [5, 5.41) is 0. The van der Waals surface area contributed by atoms with Gasteiger partial charge in [0.25, 0.3) is 0 Å². The molecule has 1 fully saturated rings. The Bertz CT molecular complexity index is 240. The average Bonchev–Trinajstić information content (AvgIpc) is 2.26. The Labute approximate surface area is 107 Å². The molecule has 1 unspecified atom stereocenters. The number of ketones is 1. The van der Waals surface area contributed by atoms with Crippen molar-refractivity contribution in [2.45, 2.75) is 72.3 Å². The molecule has 0 bridgehead atoms. The summed E-state index contributed by atoms with van der Waals surface area (Å²) in [6, 6.07) is 0.738. The SMILES string of the molecule is CCCC1CCCCN1CCC(=O)C(C)(C)C. The van der Waals surface area contributed by atoms with Crippen LogP contribution in [-0.4, -0.2) is 29.8 Å². The van der Waals surface area contributed by atoms with Gasteiger partial charge in [-0.15, -0.1) is 0 Å². The van der Waals surface area contributed by atoms with E-state index in [4.69, 9.17) is 0 Å². The fourth-order valence-electron chi connectivity index (χ4n) is 2.63. The number of Topliss-reactive ketones (excluding diaryl/α,β-unsaturated/α-hetero) is 1. The molecule has 1 saturated heterocycles. The first-order chi connectivity index (χ1) is 7.95. The molecule has 0 N–H and O–H groups in total. The van der Waals surface area contributed by atoms with Crippen molar-refractivity contribution < 1.29 is 4.79 Å². The zero-order chi connectivity index (χ0) is 12.9. The highest BCUT2D eigenvalue weighted by Gasteiger charge is 2.25. The summed E-state index contributed by atoms with van der Waals surface area (Å²) in [7, 11) is 0. The van der Waals surface area contributed by atoms with E-state index in [1.165, 1.54) is 38.6 Å². The number of rotatable bonds is 5. The smallest absolute Gasteiger partial charge is 0.139 e. The summed E-state index contributed by atoms with van der Waals surface area (Å²) >= 11 is 0. The predicted molar refractivity (Wildman–Crippen MR) is 73.2 cm³/mol. The molecule has 17 heavy (non-hydrogen) atoms. The second-order valence-corrected chi connectivity index (χ2v) is 6.40. The van der Waals surface area contributed by atoms with Crippen LogP contribution in [0.25, 0.3) is 0 Å². The molecule has 100 valence electrons. The van der Waals surface area contributed by atoms with Crippen molar-refractivity contribution in [3.63, 3.8) is 0 Å². The molecule has 2 heteroatoms. The maximum atomic E-state index is 11.9. The minimum absolute atomic E-state index is 0.171. The van der Waals surface area contributed by atoms with Crippen LogP contribution in [0.15, 0.2) is 0 Å². The second-order valence-electron chi connectivity index (χ2n) is 6.40. The van der Waals surface area contributed by atoms with Crippen molar-refractivity contribution >= 4 is 5.78 Å². The number of likely N-dealkylation sites (tertiary alicyclic amines) is 1. The molecule has 2 nitrogen and oxygen atoms in total. The highest BCUT2D eigenvalue weighted by atomic mass is 16.1. The lowest BCUT2D eigenvalue weighted by Gasteiger charge is -2.36. The van der Waals surface area contributed by atoms with Gasteiger partial charge < -0.3 is 0 Å². The van der Waals surface area contributed by atoms with Crippen molar-refractivity contribution in [2.24, 2.45) is 5.41 Å². The van der Waals surface area contributed by atoms with Crippen LogP contribution in [-0.2, 0) is 4.79 Å². The minimum Gasteiger partial charge on any atom is -0.300 e. The Morgan fingerprint density at radius 1 is 1.29 bits per heavy atom. The predicted octanol–water partition coefficient (Wildman–Crippen LogP) is 3.65. The molecule has 1 aliphatic heterocycles. The lowest BCUT2D eigenvalue weighted by molar-refractivity contribution is -0.126. The summed E-state index contributed by atoms with van der Waals surface area (Å²) in [6.45, 7) is 10.5. The van der Waals surface area contributed by atoms with Gasteiger partial charge >= 0.3 is 0 Å². The summed E-state index contributed by atoms with van der Waals surface area (Å²) in [4.78, 5) is 14.5. The Balaban J connectivity index is 2.40. The van der Waals surface area contributed by atoms with E-state index < -0.39 is 0 Å². The summed E-state index contributed by atoms with van der Waals surface area (Å²) in [5.74, 6) is 0.401. The molecule has 0 spiro atoms. The van der Waals surface area contributed by atoms with E-state index in [1.807, 2.05) is 20.8 Å². The number of hydrogen-bond donors (Lipinski definition) is 0. The zero-order valence-electron chi connectivity index (χ0n) is 12.1. The standard InChI is InChI=1S/C15H29NO/c1-5-8-13-9-6-7-11-16(13)12-10-14(17)15(2,3)4/h13H,5-12H2,1-4H3. The maximum absolute atomic E-state index is 11.9. The second kappa shape index (κ2) is 6.53. The molecule has 0 aromatic heterocycles. The first-order valence-electron chi connectivity index (χ1n) is 7.22. The van der Waals surface area contributed by atoms with Crippen LogP contribution in [0.3, 0.4) is 0 Å². The van der Waals surface area contributed by atoms with E-state index >= 15 is 0 Å². The van der Waals surface area contributed by atoms with Crippen LogP contribution in [0.4, 0.5) is 0 Å². The number of carbonyl (C=O) groups excluding carboxylic acids is 1. The van der Waals surface area contributed by atoms with E-state index in [9.17, 15) is 4.79 Å². The van der Waals surface area contributed by atoms with Gasteiger partial charge in [-0.3, -0.25) is 9.69 Å². The van der Waals surface area contributed by atoms with Crippen LogP contribution in [0.5, 0.6) is 0 Å². The van der Waals surface area contributed by atoms with Crippen molar-refractivity contribution in [3.05, 3.63) is 0 Å². The molecule has 0 radical (unpaired) electrons. The molecule has 0 aromatic carbocycles. The molecule has 0 amide bonds. The van der Waals surface area contributed by atoms with Gasteiger partial charge in [0, 0.05) is 24.4 Å². The van der Waals surface area contributed by atoms with E-state index in [2.05, 4.69) is 11.8 Å². The zero-order valence-corrected chi connectivity index (χ0v) is 12.1. The van der Waals surface area contributed by atoms with Crippen LogP contribution >= 0.6 is 0 Å². The van der Waals surface area contributed by atoms with Gasteiger partial charge in [0.2, 0.25) is 0 Å². The lowest BCUT2D eigenvalue weighted by Crippen LogP contribution is -2.41. The fourth-order valence-corrected chi connectivity index (χ4v) is 2.63. The van der Waals surface area contributed by atoms with E-state index in [0.29, 0.717) is 5.78 Å². The van der Waals surface area contributed by atoms with E-state index in [0.717, 1.165) is 19.0 Å². The topological polar surface area (TPSA) is 20.3 Å². The number of carbonyl (C=O) groups is 1. The summed E-state index contributed by atoms with van der Waals surface area (Å²) in [6.07, 6.45) is 7.29. The van der Waals surface area contributed by atoms with Crippen LogP contribution < -0.4 is 0 Å². The van der Waals surface area contributed by atoms with Crippen LogP contribution in [0.1, 0.15) is 66.2 Å². The third kappa shape index (κ3) is 4.79. The van der Waals surface area contributed by atoms with Gasteiger partial charge in [0.15, 0.2) is 0 Å². The first-order valence-corrected chi connectivity index (χ1v) is 7.22. The number of hydrogen-bond acceptors (Lipinski definition) is 2. The van der Waals surface area contributed by atoms with Gasteiger partial charge in [-0.25, -0.2) is 0 Å². The van der Waals surface area contributed by atoms with E-state index in [-0.39, 0.29) is 5.41 Å².